The van der Waals surface area contributed by atoms with E-state index in [9.17, 15) is 8.78 Å². The van der Waals surface area contributed by atoms with Crippen molar-refractivity contribution in [2.45, 2.75) is 13.0 Å². The second-order valence-electron chi connectivity index (χ2n) is 3.33. The Hall–Kier alpha value is -1.00. The van der Waals surface area contributed by atoms with Gasteiger partial charge in [-0.05, 0) is 13.0 Å². The number of ether oxygens (including phenoxy) is 1. The van der Waals surface area contributed by atoms with Gasteiger partial charge in [-0.3, -0.25) is 0 Å². The number of hydrogen-bond acceptors (Lipinski definition) is 2. The Labute approximate surface area is 88.3 Å². The van der Waals surface area contributed by atoms with Crippen molar-refractivity contribution < 1.29 is 13.5 Å². The molecule has 0 amide bonds. The van der Waals surface area contributed by atoms with E-state index in [1.807, 2.05) is 6.92 Å². The molecule has 0 aliphatic rings. The molecule has 1 aromatic rings. The van der Waals surface area contributed by atoms with Crippen LogP contribution in [0.15, 0.2) is 18.2 Å². The van der Waals surface area contributed by atoms with Crippen molar-refractivity contribution in [1.29, 1.82) is 0 Å². The summed E-state index contributed by atoms with van der Waals surface area (Å²) in [5, 5.41) is 3.07. The van der Waals surface area contributed by atoms with Gasteiger partial charge in [-0.15, -0.1) is 0 Å². The molecule has 0 spiro atoms. The van der Waals surface area contributed by atoms with Crippen LogP contribution in [0.3, 0.4) is 0 Å². The highest BCUT2D eigenvalue weighted by Gasteiger charge is 2.10. The molecule has 1 atom stereocenters. The number of benzene rings is 1. The van der Waals surface area contributed by atoms with Gasteiger partial charge in [-0.2, -0.15) is 0 Å². The van der Waals surface area contributed by atoms with Crippen molar-refractivity contribution in [1.82, 2.24) is 5.32 Å². The van der Waals surface area contributed by atoms with Crippen molar-refractivity contribution in [2.24, 2.45) is 0 Å². The maximum atomic E-state index is 13.3. The van der Waals surface area contributed by atoms with Gasteiger partial charge in [0.1, 0.15) is 11.6 Å². The van der Waals surface area contributed by atoms with Crippen molar-refractivity contribution in [3.05, 3.63) is 35.4 Å². The van der Waals surface area contributed by atoms with Crippen LogP contribution in [-0.4, -0.2) is 20.3 Å². The van der Waals surface area contributed by atoms with Gasteiger partial charge in [0.2, 0.25) is 0 Å². The van der Waals surface area contributed by atoms with Crippen LogP contribution >= 0.6 is 0 Å². The Morgan fingerprint density at radius 3 is 2.73 bits per heavy atom. The second kappa shape index (κ2) is 5.78. The number of rotatable bonds is 5. The normalized spacial score (nSPS) is 12.8. The third-order valence-corrected chi connectivity index (χ3v) is 2.19. The molecule has 0 aliphatic carbocycles. The zero-order valence-corrected chi connectivity index (χ0v) is 8.89. The first-order chi connectivity index (χ1) is 7.15. The topological polar surface area (TPSA) is 21.3 Å². The van der Waals surface area contributed by atoms with Gasteiger partial charge in [0, 0.05) is 31.3 Å². The molecule has 2 nitrogen and oxygen atoms in total. The van der Waals surface area contributed by atoms with Gasteiger partial charge in [-0.25, -0.2) is 8.78 Å². The zero-order valence-electron chi connectivity index (χ0n) is 8.89. The number of methoxy groups -OCH3 is 1. The Balaban J connectivity index is 2.61. The minimum atomic E-state index is -0.555. The van der Waals surface area contributed by atoms with Gasteiger partial charge < -0.3 is 10.1 Å². The van der Waals surface area contributed by atoms with E-state index >= 15 is 0 Å². The molecule has 15 heavy (non-hydrogen) atoms. The highest BCUT2D eigenvalue weighted by Crippen LogP contribution is 2.17. The van der Waals surface area contributed by atoms with Gasteiger partial charge in [0.15, 0.2) is 0 Å². The summed E-state index contributed by atoms with van der Waals surface area (Å²) >= 11 is 0. The summed E-state index contributed by atoms with van der Waals surface area (Å²) in [5.74, 6) is -1.08. The summed E-state index contributed by atoms with van der Waals surface area (Å²) in [5.41, 5.74) is 0.465. The molecule has 0 fully saturated rings. The zero-order chi connectivity index (χ0) is 11.3. The molecule has 0 aliphatic heterocycles. The predicted molar refractivity (Wildman–Crippen MR) is 54.7 cm³/mol. The summed E-state index contributed by atoms with van der Waals surface area (Å²) < 4.78 is 30.8. The standard InChI is InChI=1S/C11H15F2NO/c1-8(14-5-6-15-2)10-4-3-9(12)7-11(10)13/h3-4,7-8,14H,5-6H2,1-2H3. The first-order valence-electron chi connectivity index (χ1n) is 4.82. The third kappa shape index (κ3) is 3.57. The van der Waals surface area contributed by atoms with E-state index in [2.05, 4.69) is 5.32 Å². The largest absolute Gasteiger partial charge is 0.383 e. The predicted octanol–water partition coefficient (Wildman–Crippen LogP) is 2.26. The molecule has 1 rings (SSSR count). The summed E-state index contributed by atoms with van der Waals surface area (Å²) in [7, 11) is 1.60. The molecule has 0 saturated carbocycles. The fraction of sp³-hybridized carbons (Fsp3) is 0.455. The lowest BCUT2D eigenvalue weighted by Crippen LogP contribution is -2.23. The SMILES string of the molecule is COCCNC(C)c1ccc(F)cc1F. The van der Waals surface area contributed by atoms with Crippen LogP contribution in [0, 0.1) is 11.6 Å². The van der Waals surface area contributed by atoms with Crippen LogP contribution < -0.4 is 5.32 Å². The highest BCUT2D eigenvalue weighted by molar-refractivity contribution is 5.21. The van der Waals surface area contributed by atoms with Crippen LogP contribution in [0.25, 0.3) is 0 Å². The first-order valence-corrected chi connectivity index (χ1v) is 4.82. The minimum absolute atomic E-state index is 0.152. The van der Waals surface area contributed by atoms with Crippen molar-refractivity contribution in [3.8, 4) is 0 Å². The third-order valence-electron chi connectivity index (χ3n) is 2.19. The molecular weight excluding hydrogens is 200 g/mol. The van der Waals surface area contributed by atoms with Gasteiger partial charge in [0.05, 0.1) is 6.61 Å². The molecule has 84 valence electrons. The molecule has 0 heterocycles. The van der Waals surface area contributed by atoms with Crippen LogP contribution in [0.5, 0.6) is 0 Å². The number of halogens is 2. The molecule has 0 aromatic heterocycles. The summed E-state index contributed by atoms with van der Waals surface area (Å²) in [6, 6.07) is 3.45. The maximum absolute atomic E-state index is 13.3. The quantitative estimate of drug-likeness (QED) is 0.761. The Kier molecular flexibility index (Phi) is 4.65. The van der Waals surface area contributed by atoms with Gasteiger partial charge in [-0.1, -0.05) is 6.07 Å². The lowest BCUT2D eigenvalue weighted by atomic mass is 10.1. The van der Waals surface area contributed by atoms with E-state index in [0.717, 1.165) is 6.07 Å². The highest BCUT2D eigenvalue weighted by atomic mass is 19.1. The van der Waals surface area contributed by atoms with Crippen LogP contribution in [0.1, 0.15) is 18.5 Å². The lowest BCUT2D eigenvalue weighted by molar-refractivity contribution is 0.196. The molecular formula is C11H15F2NO. The fourth-order valence-corrected chi connectivity index (χ4v) is 1.34. The molecule has 4 heteroatoms. The monoisotopic (exact) mass is 215 g/mol. The Morgan fingerprint density at radius 2 is 2.13 bits per heavy atom. The molecule has 1 N–H and O–H groups in total. The average molecular weight is 215 g/mol. The molecule has 0 saturated heterocycles. The smallest absolute Gasteiger partial charge is 0.130 e. The second-order valence-corrected chi connectivity index (χ2v) is 3.33. The summed E-state index contributed by atoms with van der Waals surface area (Å²) in [6.07, 6.45) is 0. The van der Waals surface area contributed by atoms with Gasteiger partial charge >= 0.3 is 0 Å². The van der Waals surface area contributed by atoms with E-state index in [-0.39, 0.29) is 6.04 Å². The van der Waals surface area contributed by atoms with Crippen molar-refractivity contribution in [3.63, 3.8) is 0 Å². The van der Waals surface area contributed by atoms with Gasteiger partial charge in [0.25, 0.3) is 0 Å². The Morgan fingerprint density at radius 1 is 1.40 bits per heavy atom. The molecule has 0 radical (unpaired) electrons. The van der Waals surface area contributed by atoms with E-state index in [1.165, 1.54) is 12.1 Å². The lowest BCUT2D eigenvalue weighted by Gasteiger charge is -2.14. The fourth-order valence-electron chi connectivity index (χ4n) is 1.34. The Bertz CT molecular complexity index is 317. The van der Waals surface area contributed by atoms with E-state index < -0.39 is 11.6 Å². The molecule has 0 bridgehead atoms. The number of hydrogen-bond donors (Lipinski definition) is 1. The van der Waals surface area contributed by atoms with Crippen LogP contribution in [0.4, 0.5) is 8.78 Å². The molecule has 1 aromatic carbocycles. The van der Waals surface area contributed by atoms with Crippen LogP contribution in [0.2, 0.25) is 0 Å². The van der Waals surface area contributed by atoms with E-state index in [4.69, 9.17) is 4.74 Å². The van der Waals surface area contributed by atoms with Crippen molar-refractivity contribution in [2.75, 3.05) is 20.3 Å². The summed E-state index contributed by atoms with van der Waals surface area (Å²) in [6.45, 7) is 3.02. The minimum Gasteiger partial charge on any atom is -0.383 e. The number of nitrogens with one attached hydrogen (secondary N) is 1. The molecule has 1 unspecified atom stereocenters. The van der Waals surface area contributed by atoms with Crippen molar-refractivity contribution >= 4 is 0 Å². The van der Waals surface area contributed by atoms with E-state index in [0.29, 0.717) is 18.7 Å². The van der Waals surface area contributed by atoms with E-state index in [1.54, 1.807) is 7.11 Å². The van der Waals surface area contributed by atoms with Crippen LogP contribution in [-0.2, 0) is 4.74 Å². The summed E-state index contributed by atoms with van der Waals surface area (Å²) in [4.78, 5) is 0. The first kappa shape index (κ1) is 12.1. The maximum Gasteiger partial charge on any atom is 0.130 e. The average Bonchev–Trinajstić information content (AvgIpc) is 2.17.